The highest BCUT2D eigenvalue weighted by Crippen LogP contribution is 2.12. The lowest BCUT2D eigenvalue weighted by Crippen LogP contribution is -2.46. The van der Waals surface area contributed by atoms with Crippen molar-refractivity contribution in [2.24, 2.45) is 5.73 Å². The van der Waals surface area contributed by atoms with Gasteiger partial charge in [-0.25, -0.2) is 4.79 Å². The van der Waals surface area contributed by atoms with Crippen molar-refractivity contribution in [1.29, 1.82) is 0 Å². The zero-order valence-corrected chi connectivity index (χ0v) is 12.0. The van der Waals surface area contributed by atoms with Crippen LogP contribution in [0.5, 0.6) is 0 Å². The van der Waals surface area contributed by atoms with E-state index in [4.69, 9.17) is 10.5 Å². The molecule has 1 fully saturated rings. The Balaban J connectivity index is 1.80. The molecule has 6 nitrogen and oxygen atoms in total. The molecule has 1 aliphatic rings. The quantitative estimate of drug-likeness (QED) is 0.767. The smallest absolute Gasteiger partial charge is 0.410 e. The maximum atomic E-state index is 12.1. The molecule has 21 heavy (non-hydrogen) atoms. The van der Waals surface area contributed by atoms with Crippen LogP contribution in [0.15, 0.2) is 30.3 Å². The Hall–Kier alpha value is -2.08. The zero-order chi connectivity index (χ0) is 15.1. The molecule has 1 atom stereocenters. The van der Waals surface area contributed by atoms with Gasteiger partial charge in [0.2, 0.25) is 5.91 Å². The van der Waals surface area contributed by atoms with Gasteiger partial charge in [-0.3, -0.25) is 9.69 Å². The number of ether oxygens (including phenoxy) is 1. The average molecular weight is 291 g/mol. The van der Waals surface area contributed by atoms with Gasteiger partial charge < -0.3 is 15.8 Å². The van der Waals surface area contributed by atoms with E-state index in [-0.39, 0.29) is 12.5 Å². The summed E-state index contributed by atoms with van der Waals surface area (Å²) >= 11 is 0. The molecule has 114 valence electrons. The van der Waals surface area contributed by atoms with E-state index in [1.807, 2.05) is 30.3 Å². The van der Waals surface area contributed by atoms with E-state index in [0.29, 0.717) is 26.1 Å². The molecule has 6 heteroatoms. The van der Waals surface area contributed by atoms with Crippen molar-refractivity contribution in [3.05, 3.63) is 35.9 Å². The second-order valence-electron chi connectivity index (χ2n) is 4.95. The third kappa shape index (κ3) is 4.19. The molecule has 0 bridgehead atoms. The van der Waals surface area contributed by atoms with E-state index in [1.54, 1.807) is 0 Å². The van der Waals surface area contributed by atoms with Gasteiger partial charge in [-0.05, 0) is 24.9 Å². The van der Waals surface area contributed by atoms with Crippen LogP contribution in [0.25, 0.3) is 0 Å². The Labute approximate surface area is 124 Å². The monoisotopic (exact) mass is 291 g/mol. The third-order valence-electron chi connectivity index (χ3n) is 3.44. The number of hydrogen-bond donors (Lipinski definition) is 2. The number of rotatable bonds is 7. The summed E-state index contributed by atoms with van der Waals surface area (Å²) in [5.41, 5.74) is 6.60. The summed E-state index contributed by atoms with van der Waals surface area (Å²) < 4.78 is 4.95. The highest BCUT2D eigenvalue weighted by atomic mass is 16.6. The maximum Gasteiger partial charge on any atom is 0.410 e. The van der Waals surface area contributed by atoms with Gasteiger partial charge in [-0.2, -0.15) is 0 Å². The normalized spacial score (nSPS) is 17.7. The number of carbonyl (C=O) groups is 2. The van der Waals surface area contributed by atoms with Crippen molar-refractivity contribution >= 4 is 12.0 Å². The van der Waals surface area contributed by atoms with E-state index >= 15 is 0 Å². The van der Waals surface area contributed by atoms with Gasteiger partial charge in [-0.15, -0.1) is 0 Å². The summed E-state index contributed by atoms with van der Waals surface area (Å²) in [5, 5.41) is 2.86. The maximum absolute atomic E-state index is 12.1. The van der Waals surface area contributed by atoms with Gasteiger partial charge in [0.25, 0.3) is 0 Å². The van der Waals surface area contributed by atoms with Crippen molar-refractivity contribution in [3.8, 4) is 0 Å². The SMILES string of the molecule is NCCCN1C(=O)OC[C@H]1C(=O)NCCc1ccccc1. The molecule has 0 saturated carbocycles. The minimum Gasteiger partial charge on any atom is -0.447 e. The molecule has 0 spiro atoms. The highest BCUT2D eigenvalue weighted by Gasteiger charge is 2.37. The van der Waals surface area contributed by atoms with E-state index < -0.39 is 12.1 Å². The molecule has 3 N–H and O–H groups in total. The Morgan fingerprint density at radius 3 is 2.86 bits per heavy atom. The van der Waals surface area contributed by atoms with Crippen LogP contribution < -0.4 is 11.1 Å². The number of nitrogens with zero attached hydrogens (tertiary/aromatic N) is 1. The molecule has 0 aromatic heterocycles. The number of carbonyl (C=O) groups excluding carboxylic acids is 2. The largest absolute Gasteiger partial charge is 0.447 e. The first-order chi connectivity index (χ1) is 10.2. The topological polar surface area (TPSA) is 84.7 Å². The molecule has 1 heterocycles. The lowest BCUT2D eigenvalue weighted by Gasteiger charge is -2.20. The Morgan fingerprint density at radius 2 is 2.14 bits per heavy atom. The van der Waals surface area contributed by atoms with Gasteiger partial charge in [0.15, 0.2) is 0 Å². The summed E-state index contributed by atoms with van der Waals surface area (Å²) in [5.74, 6) is -0.172. The average Bonchev–Trinajstić information content (AvgIpc) is 2.87. The van der Waals surface area contributed by atoms with Crippen molar-refractivity contribution in [3.63, 3.8) is 0 Å². The van der Waals surface area contributed by atoms with Crippen LogP contribution in [0, 0.1) is 0 Å². The molecular formula is C15H21N3O3. The summed E-state index contributed by atoms with van der Waals surface area (Å²) in [7, 11) is 0. The lowest BCUT2D eigenvalue weighted by molar-refractivity contribution is -0.124. The molecule has 0 aliphatic carbocycles. The van der Waals surface area contributed by atoms with Gasteiger partial charge in [0.05, 0.1) is 0 Å². The van der Waals surface area contributed by atoms with Gasteiger partial charge in [0, 0.05) is 13.1 Å². The van der Waals surface area contributed by atoms with Crippen LogP contribution in [-0.2, 0) is 16.0 Å². The van der Waals surface area contributed by atoms with Crippen molar-refractivity contribution in [2.75, 3.05) is 26.2 Å². The van der Waals surface area contributed by atoms with Crippen LogP contribution >= 0.6 is 0 Å². The molecule has 1 saturated heterocycles. The second kappa shape index (κ2) is 7.64. The van der Waals surface area contributed by atoms with Gasteiger partial charge in [0.1, 0.15) is 12.6 Å². The standard InChI is InChI=1S/C15H21N3O3/c16-8-4-10-18-13(11-21-15(18)20)14(19)17-9-7-12-5-2-1-3-6-12/h1-3,5-6,13H,4,7-11,16H2,(H,17,19)/t13-/m0/s1. The summed E-state index contributed by atoms with van der Waals surface area (Å²) in [6, 6.07) is 9.38. The van der Waals surface area contributed by atoms with Crippen LogP contribution in [0.3, 0.4) is 0 Å². The van der Waals surface area contributed by atoms with Gasteiger partial charge in [-0.1, -0.05) is 30.3 Å². The summed E-state index contributed by atoms with van der Waals surface area (Å²) in [4.78, 5) is 25.2. The molecule has 1 aromatic carbocycles. The van der Waals surface area contributed by atoms with E-state index in [2.05, 4.69) is 5.32 Å². The molecule has 1 aromatic rings. The molecule has 0 unspecified atom stereocenters. The Kier molecular flexibility index (Phi) is 5.57. The highest BCUT2D eigenvalue weighted by molar-refractivity contribution is 5.87. The predicted molar refractivity (Wildman–Crippen MR) is 78.7 cm³/mol. The Bertz CT molecular complexity index is 478. The fraction of sp³-hybridized carbons (Fsp3) is 0.467. The first-order valence-electron chi connectivity index (χ1n) is 7.17. The van der Waals surface area contributed by atoms with Crippen molar-refractivity contribution < 1.29 is 14.3 Å². The fourth-order valence-electron chi connectivity index (χ4n) is 2.27. The first-order valence-corrected chi connectivity index (χ1v) is 7.17. The van der Waals surface area contributed by atoms with Crippen LogP contribution in [0.2, 0.25) is 0 Å². The van der Waals surface area contributed by atoms with Crippen LogP contribution in [0.1, 0.15) is 12.0 Å². The van der Waals surface area contributed by atoms with E-state index in [0.717, 1.165) is 12.0 Å². The van der Waals surface area contributed by atoms with Crippen LogP contribution in [0.4, 0.5) is 4.79 Å². The minimum atomic E-state index is -0.542. The van der Waals surface area contributed by atoms with E-state index in [1.165, 1.54) is 4.90 Å². The molecular weight excluding hydrogens is 270 g/mol. The number of benzene rings is 1. The molecule has 2 rings (SSSR count). The summed E-state index contributed by atoms with van der Waals surface area (Å²) in [6.07, 6.45) is 0.978. The number of cyclic esters (lactones) is 1. The molecule has 0 radical (unpaired) electrons. The number of amides is 2. The first kappa shape index (κ1) is 15.3. The Morgan fingerprint density at radius 1 is 1.38 bits per heavy atom. The van der Waals surface area contributed by atoms with Crippen molar-refractivity contribution in [2.45, 2.75) is 18.9 Å². The fourth-order valence-corrected chi connectivity index (χ4v) is 2.27. The predicted octanol–water partition coefficient (Wildman–Crippen LogP) is 0.515. The van der Waals surface area contributed by atoms with Crippen LogP contribution in [-0.4, -0.2) is 49.2 Å². The molecule has 1 aliphatic heterocycles. The number of nitrogens with two attached hydrogens (primary N) is 1. The van der Waals surface area contributed by atoms with E-state index in [9.17, 15) is 9.59 Å². The van der Waals surface area contributed by atoms with Gasteiger partial charge >= 0.3 is 6.09 Å². The minimum absolute atomic E-state index is 0.112. The third-order valence-corrected chi connectivity index (χ3v) is 3.44. The second-order valence-corrected chi connectivity index (χ2v) is 4.95. The number of nitrogens with one attached hydrogen (secondary N) is 1. The summed E-state index contributed by atoms with van der Waals surface area (Å²) in [6.45, 7) is 1.58. The molecule has 2 amide bonds. The zero-order valence-electron chi connectivity index (χ0n) is 12.0. The number of hydrogen-bond acceptors (Lipinski definition) is 4. The lowest BCUT2D eigenvalue weighted by atomic mass is 10.1. The van der Waals surface area contributed by atoms with Crippen molar-refractivity contribution in [1.82, 2.24) is 10.2 Å².